The van der Waals surface area contributed by atoms with Gasteiger partial charge in [0.15, 0.2) is 0 Å². The molecular formula is C13H16. The van der Waals surface area contributed by atoms with Crippen molar-refractivity contribution in [3.8, 4) is 0 Å². The van der Waals surface area contributed by atoms with Crippen LogP contribution in [0.1, 0.15) is 24.5 Å². The molecule has 1 rings (SSSR count). The first kappa shape index (κ1) is 9.79. The van der Waals surface area contributed by atoms with Crippen molar-refractivity contribution in [2.45, 2.75) is 20.3 Å². The molecule has 0 nitrogen and oxygen atoms in total. The molecule has 0 fully saturated rings. The molecule has 0 spiro atoms. The predicted molar refractivity (Wildman–Crippen MR) is 59.6 cm³/mol. The summed E-state index contributed by atoms with van der Waals surface area (Å²) in [6.07, 6.45) is 5.25. The summed E-state index contributed by atoms with van der Waals surface area (Å²) < 4.78 is 0. The third kappa shape index (κ3) is 3.75. The zero-order chi connectivity index (χ0) is 9.68. The highest BCUT2D eigenvalue weighted by atomic mass is 13.9. The van der Waals surface area contributed by atoms with E-state index in [0.717, 1.165) is 6.42 Å². The lowest BCUT2D eigenvalue weighted by atomic mass is 10.1. The van der Waals surface area contributed by atoms with Gasteiger partial charge in [-0.2, -0.15) is 0 Å². The Labute approximate surface area is 80.6 Å². The van der Waals surface area contributed by atoms with Crippen molar-refractivity contribution in [2.75, 3.05) is 0 Å². The molecule has 0 heteroatoms. The van der Waals surface area contributed by atoms with Gasteiger partial charge in [-0.25, -0.2) is 0 Å². The standard InChI is InChI=1S/C13H16/c1-11(2)5-4-6-13-9-7-12(3)8-10-13/h4,6-10H,1,5H2,2-3H3/b6-4-. The Bertz CT molecular complexity index is 301. The molecule has 1 aromatic rings. The van der Waals surface area contributed by atoms with Crippen LogP contribution in [-0.4, -0.2) is 0 Å². The minimum absolute atomic E-state index is 0.966. The summed E-state index contributed by atoms with van der Waals surface area (Å²) in [5, 5.41) is 0. The van der Waals surface area contributed by atoms with Crippen LogP contribution in [-0.2, 0) is 0 Å². The highest BCUT2D eigenvalue weighted by molar-refractivity contribution is 5.49. The van der Waals surface area contributed by atoms with E-state index in [1.165, 1.54) is 16.7 Å². The predicted octanol–water partition coefficient (Wildman–Crippen LogP) is 3.97. The molecule has 0 heterocycles. The number of benzene rings is 1. The second-order valence-electron chi connectivity index (χ2n) is 3.47. The molecule has 13 heavy (non-hydrogen) atoms. The summed E-state index contributed by atoms with van der Waals surface area (Å²) in [6.45, 7) is 7.99. The smallest absolute Gasteiger partial charge is 0.0141 e. The lowest BCUT2D eigenvalue weighted by Crippen LogP contribution is -1.74. The maximum atomic E-state index is 3.85. The molecule has 0 aromatic heterocycles. The third-order valence-electron chi connectivity index (χ3n) is 1.85. The van der Waals surface area contributed by atoms with E-state index in [0.29, 0.717) is 0 Å². The number of hydrogen-bond acceptors (Lipinski definition) is 0. The first-order valence-electron chi connectivity index (χ1n) is 4.56. The van der Waals surface area contributed by atoms with Gasteiger partial charge in [0.25, 0.3) is 0 Å². The molecule has 0 atom stereocenters. The normalized spacial score (nSPS) is 10.6. The fraction of sp³-hybridized carbons (Fsp3) is 0.231. The highest BCUT2D eigenvalue weighted by Crippen LogP contribution is 2.06. The van der Waals surface area contributed by atoms with Gasteiger partial charge in [-0.05, 0) is 25.8 Å². The maximum Gasteiger partial charge on any atom is -0.0141 e. The van der Waals surface area contributed by atoms with Crippen LogP contribution >= 0.6 is 0 Å². The molecule has 0 aliphatic heterocycles. The summed E-state index contributed by atoms with van der Waals surface area (Å²) in [7, 11) is 0. The summed E-state index contributed by atoms with van der Waals surface area (Å²) in [5.41, 5.74) is 3.76. The summed E-state index contributed by atoms with van der Waals surface area (Å²) in [4.78, 5) is 0. The molecular weight excluding hydrogens is 156 g/mol. The fourth-order valence-electron chi connectivity index (χ4n) is 1.07. The number of hydrogen-bond donors (Lipinski definition) is 0. The van der Waals surface area contributed by atoms with Gasteiger partial charge in [0, 0.05) is 0 Å². The van der Waals surface area contributed by atoms with E-state index in [4.69, 9.17) is 0 Å². The molecule has 0 saturated heterocycles. The van der Waals surface area contributed by atoms with Gasteiger partial charge in [0.1, 0.15) is 0 Å². The maximum absolute atomic E-state index is 3.85. The second-order valence-corrected chi connectivity index (χ2v) is 3.47. The molecule has 0 unspecified atom stereocenters. The van der Waals surface area contributed by atoms with Gasteiger partial charge in [0.2, 0.25) is 0 Å². The van der Waals surface area contributed by atoms with Crippen LogP contribution in [0.25, 0.3) is 6.08 Å². The second kappa shape index (κ2) is 4.66. The molecule has 0 bridgehead atoms. The Hall–Kier alpha value is -1.30. The number of allylic oxidation sites excluding steroid dienone is 2. The van der Waals surface area contributed by atoms with Crippen molar-refractivity contribution >= 4 is 6.08 Å². The van der Waals surface area contributed by atoms with E-state index >= 15 is 0 Å². The molecule has 0 aliphatic rings. The van der Waals surface area contributed by atoms with E-state index in [1.54, 1.807) is 0 Å². The van der Waals surface area contributed by atoms with Crippen molar-refractivity contribution in [1.82, 2.24) is 0 Å². The van der Waals surface area contributed by atoms with Crippen LogP contribution in [0.5, 0.6) is 0 Å². The van der Waals surface area contributed by atoms with E-state index in [-0.39, 0.29) is 0 Å². The van der Waals surface area contributed by atoms with Gasteiger partial charge >= 0.3 is 0 Å². The highest BCUT2D eigenvalue weighted by Gasteiger charge is 1.85. The van der Waals surface area contributed by atoms with Crippen LogP contribution < -0.4 is 0 Å². The summed E-state index contributed by atoms with van der Waals surface area (Å²) in [6, 6.07) is 8.51. The van der Waals surface area contributed by atoms with E-state index in [1.807, 2.05) is 6.92 Å². The zero-order valence-corrected chi connectivity index (χ0v) is 8.38. The largest absolute Gasteiger partial charge is 0.0998 e. The Morgan fingerprint density at radius 3 is 2.46 bits per heavy atom. The van der Waals surface area contributed by atoms with Crippen molar-refractivity contribution in [3.63, 3.8) is 0 Å². The van der Waals surface area contributed by atoms with Crippen LogP contribution in [0, 0.1) is 6.92 Å². The molecule has 1 aromatic carbocycles. The average Bonchev–Trinajstić information content (AvgIpc) is 2.08. The van der Waals surface area contributed by atoms with Gasteiger partial charge in [-0.15, -0.1) is 0 Å². The lowest BCUT2D eigenvalue weighted by Gasteiger charge is -1.94. The average molecular weight is 172 g/mol. The van der Waals surface area contributed by atoms with Crippen LogP contribution in [0.3, 0.4) is 0 Å². The summed E-state index contributed by atoms with van der Waals surface area (Å²) in [5.74, 6) is 0. The van der Waals surface area contributed by atoms with Gasteiger partial charge < -0.3 is 0 Å². The zero-order valence-electron chi connectivity index (χ0n) is 8.38. The van der Waals surface area contributed by atoms with E-state index < -0.39 is 0 Å². The molecule has 0 amide bonds. The SMILES string of the molecule is C=C(C)C/C=C\c1ccc(C)cc1. The van der Waals surface area contributed by atoms with E-state index in [2.05, 4.69) is 49.9 Å². The minimum atomic E-state index is 0.966. The Balaban J connectivity index is 2.59. The fourth-order valence-corrected chi connectivity index (χ4v) is 1.07. The first-order valence-corrected chi connectivity index (χ1v) is 4.56. The number of aryl methyl sites for hydroxylation is 1. The topological polar surface area (TPSA) is 0 Å². The van der Waals surface area contributed by atoms with Crippen molar-refractivity contribution in [2.24, 2.45) is 0 Å². The van der Waals surface area contributed by atoms with E-state index in [9.17, 15) is 0 Å². The van der Waals surface area contributed by atoms with Gasteiger partial charge in [-0.3, -0.25) is 0 Å². The number of rotatable bonds is 3. The lowest BCUT2D eigenvalue weighted by molar-refractivity contribution is 1.23. The van der Waals surface area contributed by atoms with Crippen molar-refractivity contribution in [3.05, 3.63) is 53.6 Å². The van der Waals surface area contributed by atoms with Crippen LogP contribution in [0.15, 0.2) is 42.5 Å². The molecule has 0 aliphatic carbocycles. The minimum Gasteiger partial charge on any atom is -0.0998 e. The van der Waals surface area contributed by atoms with Gasteiger partial charge in [0.05, 0.1) is 0 Å². The molecule has 0 saturated carbocycles. The molecule has 68 valence electrons. The third-order valence-corrected chi connectivity index (χ3v) is 1.85. The molecule has 0 N–H and O–H groups in total. The van der Waals surface area contributed by atoms with Crippen molar-refractivity contribution < 1.29 is 0 Å². The first-order chi connectivity index (χ1) is 6.18. The Morgan fingerprint density at radius 1 is 1.31 bits per heavy atom. The van der Waals surface area contributed by atoms with Crippen LogP contribution in [0.2, 0.25) is 0 Å². The Kier molecular flexibility index (Phi) is 3.51. The molecule has 0 radical (unpaired) electrons. The van der Waals surface area contributed by atoms with Crippen LogP contribution in [0.4, 0.5) is 0 Å². The van der Waals surface area contributed by atoms with Gasteiger partial charge in [-0.1, -0.05) is 54.1 Å². The Morgan fingerprint density at radius 2 is 1.92 bits per heavy atom. The summed E-state index contributed by atoms with van der Waals surface area (Å²) >= 11 is 0. The monoisotopic (exact) mass is 172 g/mol. The quantitative estimate of drug-likeness (QED) is 0.605. The van der Waals surface area contributed by atoms with Crippen molar-refractivity contribution in [1.29, 1.82) is 0 Å².